The zero-order valence-electron chi connectivity index (χ0n) is 12.3. The van der Waals surface area contributed by atoms with Crippen LogP contribution in [0.5, 0.6) is 5.75 Å². The molecule has 0 amide bonds. The zero-order chi connectivity index (χ0) is 14.8. The Kier molecular flexibility index (Phi) is 4.04. The average molecular weight is 303 g/mol. The molecule has 2 aromatic carbocycles. The SMILES string of the molecule is COc1ccc(Cl)c(Nc2cccc3c2CN(C)CC3)c1. The van der Waals surface area contributed by atoms with Gasteiger partial charge in [-0.1, -0.05) is 23.7 Å². The maximum Gasteiger partial charge on any atom is 0.121 e. The molecule has 3 nitrogen and oxygen atoms in total. The van der Waals surface area contributed by atoms with Gasteiger partial charge in [-0.05, 0) is 42.8 Å². The predicted molar refractivity (Wildman–Crippen MR) is 87.8 cm³/mol. The minimum atomic E-state index is 0.692. The van der Waals surface area contributed by atoms with Crippen molar-refractivity contribution < 1.29 is 4.74 Å². The van der Waals surface area contributed by atoms with Crippen LogP contribution in [0.4, 0.5) is 11.4 Å². The second-order valence-corrected chi connectivity index (χ2v) is 5.81. The average Bonchev–Trinajstić information content (AvgIpc) is 2.50. The Hall–Kier alpha value is -1.71. The molecule has 3 rings (SSSR count). The van der Waals surface area contributed by atoms with Gasteiger partial charge < -0.3 is 15.0 Å². The van der Waals surface area contributed by atoms with E-state index in [1.807, 2.05) is 18.2 Å². The molecule has 0 aromatic heterocycles. The predicted octanol–water partition coefficient (Wildman–Crippen LogP) is 4.08. The van der Waals surface area contributed by atoms with Crippen LogP contribution in [0.1, 0.15) is 11.1 Å². The molecule has 0 saturated heterocycles. The lowest BCUT2D eigenvalue weighted by atomic mass is 9.98. The van der Waals surface area contributed by atoms with Gasteiger partial charge in [0.15, 0.2) is 0 Å². The van der Waals surface area contributed by atoms with E-state index in [4.69, 9.17) is 16.3 Å². The number of benzene rings is 2. The first-order valence-corrected chi connectivity index (χ1v) is 7.45. The van der Waals surface area contributed by atoms with Gasteiger partial charge in [0, 0.05) is 24.8 Å². The highest BCUT2D eigenvalue weighted by molar-refractivity contribution is 6.33. The van der Waals surface area contributed by atoms with Crippen molar-refractivity contribution in [2.75, 3.05) is 26.0 Å². The van der Waals surface area contributed by atoms with Gasteiger partial charge in [-0.2, -0.15) is 0 Å². The summed E-state index contributed by atoms with van der Waals surface area (Å²) >= 11 is 6.29. The van der Waals surface area contributed by atoms with Crippen LogP contribution in [0.2, 0.25) is 5.02 Å². The lowest BCUT2D eigenvalue weighted by Crippen LogP contribution is -2.27. The number of rotatable bonds is 3. The van der Waals surface area contributed by atoms with Crippen molar-refractivity contribution in [2.24, 2.45) is 0 Å². The largest absolute Gasteiger partial charge is 0.497 e. The van der Waals surface area contributed by atoms with Crippen LogP contribution in [-0.2, 0) is 13.0 Å². The molecule has 4 heteroatoms. The van der Waals surface area contributed by atoms with Gasteiger partial charge in [-0.15, -0.1) is 0 Å². The number of nitrogens with one attached hydrogen (secondary N) is 1. The summed E-state index contributed by atoms with van der Waals surface area (Å²) in [6.45, 7) is 2.07. The summed E-state index contributed by atoms with van der Waals surface area (Å²) in [5.74, 6) is 0.795. The van der Waals surface area contributed by atoms with E-state index in [9.17, 15) is 0 Å². The number of methoxy groups -OCH3 is 1. The third-order valence-electron chi connectivity index (χ3n) is 3.91. The normalized spacial score (nSPS) is 14.6. The lowest BCUT2D eigenvalue weighted by molar-refractivity contribution is 0.313. The van der Waals surface area contributed by atoms with Crippen molar-refractivity contribution in [2.45, 2.75) is 13.0 Å². The van der Waals surface area contributed by atoms with E-state index in [0.717, 1.165) is 36.6 Å². The first-order valence-electron chi connectivity index (χ1n) is 7.07. The van der Waals surface area contributed by atoms with E-state index in [1.165, 1.54) is 11.1 Å². The van der Waals surface area contributed by atoms with Gasteiger partial charge in [0.25, 0.3) is 0 Å². The number of halogens is 1. The summed E-state index contributed by atoms with van der Waals surface area (Å²) in [6.07, 6.45) is 1.09. The van der Waals surface area contributed by atoms with Gasteiger partial charge in [0.1, 0.15) is 5.75 Å². The molecule has 0 atom stereocenters. The van der Waals surface area contributed by atoms with Crippen molar-refractivity contribution in [3.05, 3.63) is 52.5 Å². The van der Waals surface area contributed by atoms with E-state index in [1.54, 1.807) is 7.11 Å². The Labute approximate surface area is 130 Å². The van der Waals surface area contributed by atoms with E-state index in [2.05, 4.69) is 35.5 Å². The summed E-state index contributed by atoms with van der Waals surface area (Å²) in [5, 5.41) is 4.15. The molecule has 0 radical (unpaired) electrons. The van der Waals surface area contributed by atoms with Crippen molar-refractivity contribution in [3.63, 3.8) is 0 Å². The second-order valence-electron chi connectivity index (χ2n) is 5.40. The van der Waals surface area contributed by atoms with Gasteiger partial charge in [0.05, 0.1) is 17.8 Å². The highest BCUT2D eigenvalue weighted by Gasteiger charge is 2.16. The minimum Gasteiger partial charge on any atom is -0.497 e. The Morgan fingerprint density at radius 2 is 2.05 bits per heavy atom. The highest BCUT2D eigenvalue weighted by atomic mass is 35.5. The smallest absolute Gasteiger partial charge is 0.121 e. The monoisotopic (exact) mass is 302 g/mol. The van der Waals surface area contributed by atoms with Crippen LogP contribution in [0.3, 0.4) is 0 Å². The number of hydrogen-bond acceptors (Lipinski definition) is 3. The maximum absolute atomic E-state index is 6.29. The Morgan fingerprint density at radius 3 is 2.86 bits per heavy atom. The third-order valence-corrected chi connectivity index (χ3v) is 4.24. The fourth-order valence-electron chi connectivity index (χ4n) is 2.71. The number of anilines is 2. The Bertz CT molecular complexity index is 657. The second kappa shape index (κ2) is 5.96. The van der Waals surface area contributed by atoms with Gasteiger partial charge in [-0.25, -0.2) is 0 Å². The van der Waals surface area contributed by atoms with Gasteiger partial charge >= 0.3 is 0 Å². The molecule has 110 valence electrons. The number of hydrogen-bond donors (Lipinski definition) is 1. The first-order chi connectivity index (χ1) is 10.2. The van der Waals surface area contributed by atoms with E-state index in [0.29, 0.717) is 5.02 Å². The molecule has 21 heavy (non-hydrogen) atoms. The molecule has 0 unspecified atom stereocenters. The van der Waals surface area contributed by atoms with Crippen LogP contribution in [0.15, 0.2) is 36.4 Å². The molecule has 0 saturated carbocycles. The van der Waals surface area contributed by atoms with Crippen LogP contribution >= 0.6 is 11.6 Å². The molecule has 0 bridgehead atoms. The highest BCUT2D eigenvalue weighted by Crippen LogP contribution is 2.33. The number of nitrogens with zero attached hydrogens (tertiary/aromatic N) is 1. The van der Waals surface area contributed by atoms with E-state index < -0.39 is 0 Å². The molecule has 2 aromatic rings. The van der Waals surface area contributed by atoms with Crippen molar-refractivity contribution in [3.8, 4) is 5.75 Å². The summed E-state index contributed by atoms with van der Waals surface area (Å²) in [4.78, 5) is 2.33. The molecule has 0 aliphatic carbocycles. The van der Waals surface area contributed by atoms with Crippen LogP contribution in [-0.4, -0.2) is 25.6 Å². The van der Waals surface area contributed by atoms with E-state index >= 15 is 0 Å². The quantitative estimate of drug-likeness (QED) is 0.924. The lowest BCUT2D eigenvalue weighted by Gasteiger charge is -2.27. The third kappa shape index (κ3) is 2.99. The van der Waals surface area contributed by atoms with Crippen molar-refractivity contribution in [1.29, 1.82) is 0 Å². The number of ether oxygens (including phenoxy) is 1. The summed E-state index contributed by atoms with van der Waals surface area (Å²) in [5.41, 5.74) is 4.76. The molecule has 0 fully saturated rings. The van der Waals surface area contributed by atoms with Gasteiger partial charge in [-0.3, -0.25) is 0 Å². The van der Waals surface area contributed by atoms with Crippen molar-refractivity contribution >= 4 is 23.0 Å². The molecule has 1 heterocycles. The maximum atomic E-state index is 6.29. The summed E-state index contributed by atoms with van der Waals surface area (Å²) in [6, 6.07) is 12.1. The Balaban J connectivity index is 1.95. The first kappa shape index (κ1) is 14.2. The fourth-order valence-corrected chi connectivity index (χ4v) is 2.87. The molecule has 1 aliphatic heterocycles. The van der Waals surface area contributed by atoms with Crippen molar-refractivity contribution in [1.82, 2.24) is 4.90 Å². The van der Waals surface area contributed by atoms with Gasteiger partial charge in [0.2, 0.25) is 0 Å². The molecular formula is C17H19ClN2O. The molecular weight excluding hydrogens is 284 g/mol. The van der Waals surface area contributed by atoms with E-state index in [-0.39, 0.29) is 0 Å². The fraction of sp³-hybridized carbons (Fsp3) is 0.294. The van der Waals surface area contributed by atoms with Crippen LogP contribution in [0.25, 0.3) is 0 Å². The summed E-state index contributed by atoms with van der Waals surface area (Å²) < 4.78 is 5.27. The number of likely N-dealkylation sites (N-methyl/N-ethyl adjacent to an activating group) is 1. The molecule has 1 N–H and O–H groups in total. The Morgan fingerprint density at radius 1 is 1.19 bits per heavy atom. The summed E-state index contributed by atoms with van der Waals surface area (Å²) in [7, 11) is 3.81. The topological polar surface area (TPSA) is 24.5 Å². The molecule has 1 aliphatic rings. The molecule has 0 spiro atoms. The minimum absolute atomic E-state index is 0.692. The standard InChI is InChI=1S/C17H19ClN2O/c1-20-9-8-12-4-3-5-16(14(12)11-20)19-17-10-13(21-2)6-7-15(17)18/h3-7,10,19H,8-9,11H2,1-2H3. The van der Waals surface area contributed by atoms with Crippen LogP contribution < -0.4 is 10.1 Å². The number of fused-ring (bicyclic) bond motifs is 1. The van der Waals surface area contributed by atoms with Crippen LogP contribution in [0, 0.1) is 0 Å². The zero-order valence-corrected chi connectivity index (χ0v) is 13.1.